The number of carbonyl (C=O) groups is 2. The van der Waals surface area contributed by atoms with Crippen LogP contribution in [0.5, 0.6) is 11.5 Å². The van der Waals surface area contributed by atoms with E-state index < -0.39 is 18.4 Å². The molecule has 0 atom stereocenters. The highest BCUT2D eigenvalue weighted by molar-refractivity contribution is 6.07. The van der Waals surface area contributed by atoms with Crippen molar-refractivity contribution in [1.82, 2.24) is 0 Å². The van der Waals surface area contributed by atoms with Crippen LogP contribution < -0.4 is 20.5 Å². The fraction of sp³-hybridized carbons (Fsp3) is 0.125. The molecule has 3 N–H and O–H groups in total. The molecule has 0 unspecified atom stereocenters. The number of para-hydroxylation sites is 1. The summed E-state index contributed by atoms with van der Waals surface area (Å²) in [6, 6.07) is 10.1. The lowest BCUT2D eigenvalue weighted by Crippen LogP contribution is -2.16. The largest absolute Gasteiger partial charge is 0.493 e. The van der Waals surface area contributed by atoms with Gasteiger partial charge in [-0.15, -0.1) is 0 Å². The van der Waals surface area contributed by atoms with Crippen molar-refractivity contribution < 1.29 is 27.8 Å². The summed E-state index contributed by atoms with van der Waals surface area (Å²) in [5.74, 6) is -1.74. The van der Waals surface area contributed by atoms with Crippen molar-refractivity contribution in [2.75, 3.05) is 12.4 Å². The number of nitrogens with two attached hydrogens (primary N) is 1. The van der Waals surface area contributed by atoms with Gasteiger partial charge in [0.05, 0.1) is 12.7 Å². The number of hydrogen-bond donors (Lipinski definition) is 2. The van der Waals surface area contributed by atoms with E-state index >= 15 is 0 Å². The maximum atomic E-state index is 12.6. The molecule has 2 rings (SSSR count). The second-order valence-corrected chi connectivity index (χ2v) is 4.61. The zero-order chi connectivity index (χ0) is 17.7. The third-order valence-corrected chi connectivity index (χ3v) is 3.06. The minimum atomic E-state index is -3.12. The van der Waals surface area contributed by atoms with E-state index in [2.05, 4.69) is 10.1 Å². The molecule has 0 aliphatic carbocycles. The molecule has 24 heavy (non-hydrogen) atoms. The Morgan fingerprint density at radius 2 is 1.88 bits per heavy atom. The summed E-state index contributed by atoms with van der Waals surface area (Å²) in [5, 5.41) is 2.49. The number of carbonyl (C=O) groups excluding carboxylic acids is 2. The number of rotatable bonds is 6. The Balaban J connectivity index is 2.33. The highest BCUT2D eigenvalue weighted by Gasteiger charge is 2.20. The Bertz CT molecular complexity index is 765. The number of nitrogens with one attached hydrogen (secondary N) is 1. The number of halogens is 2. The van der Waals surface area contributed by atoms with E-state index in [1.165, 1.54) is 49.6 Å². The van der Waals surface area contributed by atoms with Gasteiger partial charge in [0.1, 0.15) is 0 Å². The van der Waals surface area contributed by atoms with Gasteiger partial charge >= 0.3 is 6.61 Å². The Labute approximate surface area is 136 Å². The molecule has 0 fully saturated rings. The summed E-state index contributed by atoms with van der Waals surface area (Å²) in [5.41, 5.74) is 5.51. The second-order valence-electron chi connectivity index (χ2n) is 4.61. The fourth-order valence-corrected chi connectivity index (χ4v) is 2.01. The quantitative estimate of drug-likeness (QED) is 0.848. The topological polar surface area (TPSA) is 90.6 Å². The van der Waals surface area contributed by atoms with Gasteiger partial charge in [-0.3, -0.25) is 9.59 Å². The van der Waals surface area contributed by atoms with Crippen LogP contribution in [0.1, 0.15) is 20.7 Å². The summed E-state index contributed by atoms with van der Waals surface area (Å²) in [6.07, 6.45) is 0. The van der Waals surface area contributed by atoms with Crippen LogP contribution in [0.3, 0.4) is 0 Å². The third-order valence-electron chi connectivity index (χ3n) is 3.06. The van der Waals surface area contributed by atoms with Crippen LogP contribution >= 0.6 is 0 Å². The normalized spacial score (nSPS) is 10.3. The van der Waals surface area contributed by atoms with Crippen molar-refractivity contribution in [2.24, 2.45) is 5.73 Å². The summed E-state index contributed by atoms with van der Waals surface area (Å²) in [6.45, 7) is -3.12. The lowest BCUT2D eigenvalue weighted by molar-refractivity contribution is -0.0515. The number of alkyl halides is 2. The molecular weight excluding hydrogens is 322 g/mol. The second kappa shape index (κ2) is 7.40. The lowest BCUT2D eigenvalue weighted by atomic mass is 10.1. The third kappa shape index (κ3) is 3.97. The van der Waals surface area contributed by atoms with Gasteiger partial charge in [0.15, 0.2) is 11.5 Å². The van der Waals surface area contributed by atoms with Crippen molar-refractivity contribution in [3.05, 3.63) is 53.6 Å². The number of ether oxygens (including phenoxy) is 2. The average Bonchev–Trinajstić information content (AvgIpc) is 2.54. The SMILES string of the molecule is COc1cccc(C(=O)Nc2cccc(C(N)=O)c2)c1OC(F)F. The zero-order valence-electron chi connectivity index (χ0n) is 12.6. The van der Waals surface area contributed by atoms with Gasteiger partial charge in [0, 0.05) is 11.3 Å². The molecule has 0 aliphatic heterocycles. The van der Waals surface area contributed by atoms with Crippen LogP contribution in [-0.2, 0) is 0 Å². The molecule has 6 nitrogen and oxygen atoms in total. The Hall–Kier alpha value is -3.16. The fourth-order valence-electron chi connectivity index (χ4n) is 2.01. The van der Waals surface area contributed by atoms with E-state index in [9.17, 15) is 18.4 Å². The molecule has 2 amide bonds. The first-order chi connectivity index (χ1) is 11.4. The molecule has 0 bridgehead atoms. The molecule has 126 valence electrons. The first kappa shape index (κ1) is 17.2. The first-order valence-electron chi connectivity index (χ1n) is 6.75. The van der Waals surface area contributed by atoms with E-state index in [-0.39, 0.29) is 28.3 Å². The summed E-state index contributed by atoms with van der Waals surface area (Å²) in [4.78, 5) is 23.5. The Morgan fingerprint density at radius 1 is 1.17 bits per heavy atom. The molecule has 2 aromatic carbocycles. The Kier molecular flexibility index (Phi) is 5.31. The van der Waals surface area contributed by atoms with Gasteiger partial charge in [-0.2, -0.15) is 8.78 Å². The van der Waals surface area contributed by atoms with Crippen LogP contribution in [0.2, 0.25) is 0 Å². The number of amides is 2. The Morgan fingerprint density at radius 3 is 2.50 bits per heavy atom. The molecule has 0 spiro atoms. The van der Waals surface area contributed by atoms with Gasteiger partial charge in [-0.25, -0.2) is 0 Å². The van der Waals surface area contributed by atoms with Gasteiger partial charge in [0.25, 0.3) is 5.91 Å². The maximum absolute atomic E-state index is 12.6. The smallest absolute Gasteiger partial charge is 0.387 e. The molecule has 0 aromatic heterocycles. The molecule has 0 saturated heterocycles. The standard InChI is InChI=1S/C16H14F2N2O4/c1-23-12-7-3-6-11(13(12)24-16(17)18)15(22)20-10-5-2-4-9(8-10)14(19)21/h2-8,16H,1H3,(H2,19,21)(H,20,22). The highest BCUT2D eigenvalue weighted by Crippen LogP contribution is 2.33. The van der Waals surface area contributed by atoms with Gasteiger partial charge in [-0.05, 0) is 30.3 Å². The van der Waals surface area contributed by atoms with Crippen LogP contribution in [-0.4, -0.2) is 25.5 Å². The predicted molar refractivity (Wildman–Crippen MR) is 82.5 cm³/mol. The highest BCUT2D eigenvalue weighted by atomic mass is 19.3. The van der Waals surface area contributed by atoms with Crippen LogP contribution in [0.4, 0.5) is 14.5 Å². The number of benzene rings is 2. The summed E-state index contributed by atoms with van der Waals surface area (Å²) < 4.78 is 34.5. The number of methoxy groups -OCH3 is 1. The van der Waals surface area contributed by atoms with E-state index in [4.69, 9.17) is 10.5 Å². The van der Waals surface area contributed by atoms with Crippen molar-refractivity contribution in [3.8, 4) is 11.5 Å². The van der Waals surface area contributed by atoms with Gasteiger partial charge < -0.3 is 20.5 Å². The van der Waals surface area contributed by atoms with Gasteiger partial charge in [-0.1, -0.05) is 12.1 Å². The lowest BCUT2D eigenvalue weighted by Gasteiger charge is -2.14. The van der Waals surface area contributed by atoms with E-state index in [0.29, 0.717) is 0 Å². The van der Waals surface area contributed by atoms with Crippen molar-refractivity contribution >= 4 is 17.5 Å². The molecule has 0 aliphatic rings. The molecular formula is C16H14F2N2O4. The molecule has 0 radical (unpaired) electrons. The van der Waals surface area contributed by atoms with Crippen molar-refractivity contribution in [1.29, 1.82) is 0 Å². The van der Waals surface area contributed by atoms with Gasteiger partial charge in [0.2, 0.25) is 5.91 Å². The number of anilines is 1. The molecule has 0 saturated carbocycles. The summed E-state index contributed by atoms with van der Waals surface area (Å²) in [7, 11) is 1.27. The van der Waals surface area contributed by atoms with Crippen molar-refractivity contribution in [3.63, 3.8) is 0 Å². The maximum Gasteiger partial charge on any atom is 0.387 e. The minimum absolute atomic E-state index is 0.00571. The van der Waals surface area contributed by atoms with Crippen LogP contribution in [0.25, 0.3) is 0 Å². The van der Waals surface area contributed by atoms with Crippen LogP contribution in [0, 0.1) is 0 Å². The molecule has 8 heteroatoms. The predicted octanol–water partition coefficient (Wildman–Crippen LogP) is 2.65. The number of primary amides is 1. The zero-order valence-corrected chi connectivity index (χ0v) is 12.6. The summed E-state index contributed by atoms with van der Waals surface area (Å²) >= 11 is 0. The van der Waals surface area contributed by atoms with E-state index in [0.717, 1.165) is 0 Å². The monoisotopic (exact) mass is 336 g/mol. The van der Waals surface area contributed by atoms with E-state index in [1.807, 2.05) is 0 Å². The molecule has 2 aromatic rings. The first-order valence-corrected chi connectivity index (χ1v) is 6.75. The average molecular weight is 336 g/mol. The van der Waals surface area contributed by atoms with E-state index in [1.54, 1.807) is 0 Å². The number of hydrogen-bond acceptors (Lipinski definition) is 4. The van der Waals surface area contributed by atoms with Crippen molar-refractivity contribution in [2.45, 2.75) is 6.61 Å². The van der Waals surface area contributed by atoms with Crippen LogP contribution in [0.15, 0.2) is 42.5 Å². The minimum Gasteiger partial charge on any atom is -0.493 e. The molecule has 0 heterocycles.